The molecule has 0 spiro atoms. The summed E-state index contributed by atoms with van der Waals surface area (Å²) in [6, 6.07) is 9.94. The highest BCUT2D eigenvalue weighted by atomic mass is 16.5. The summed E-state index contributed by atoms with van der Waals surface area (Å²) < 4.78 is 16.4. The number of nitrogens with zero attached hydrogens (tertiary/aromatic N) is 4. The molecule has 0 aromatic heterocycles. The zero-order chi connectivity index (χ0) is 22.8. The lowest BCUT2D eigenvalue weighted by Gasteiger charge is -2.45. The molecule has 0 saturated heterocycles. The van der Waals surface area contributed by atoms with Crippen LogP contribution in [0.25, 0.3) is 0 Å². The SMILES string of the molecule is CCN1CC=C2C(C#N)=C(N)C(C#N)(C#N)[C@H](c3cc(OC)c(OC)c(OC)c3)[C@@H]2C1. The number of nitrogens with two attached hydrogens (primary N) is 1. The van der Waals surface area contributed by atoms with Gasteiger partial charge in [-0.15, -0.1) is 0 Å². The second kappa shape index (κ2) is 8.60. The molecule has 0 radical (unpaired) electrons. The zero-order valence-corrected chi connectivity index (χ0v) is 18.1. The molecule has 8 nitrogen and oxygen atoms in total. The first-order chi connectivity index (χ1) is 15.0. The maximum atomic E-state index is 10.2. The Kier molecular flexibility index (Phi) is 6.11. The molecule has 1 aliphatic heterocycles. The number of hydrogen-bond donors (Lipinski definition) is 1. The van der Waals surface area contributed by atoms with Gasteiger partial charge in [0.1, 0.15) is 6.07 Å². The molecule has 8 heteroatoms. The van der Waals surface area contributed by atoms with E-state index in [1.165, 1.54) is 21.3 Å². The highest BCUT2D eigenvalue weighted by Gasteiger charge is 2.54. The molecule has 1 aromatic carbocycles. The number of allylic oxidation sites excluding steroid dienone is 2. The molecule has 0 bridgehead atoms. The second-order valence-corrected chi connectivity index (χ2v) is 7.49. The van der Waals surface area contributed by atoms with Crippen molar-refractivity contribution < 1.29 is 14.2 Å². The molecule has 2 aliphatic rings. The fourth-order valence-corrected chi connectivity index (χ4v) is 4.66. The number of hydrogen-bond acceptors (Lipinski definition) is 8. The molecule has 160 valence electrons. The molecule has 0 saturated carbocycles. The molecule has 0 unspecified atom stereocenters. The Balaban J connectivity index is 2.36. The average Bonchev–Trinajstić information content (AvgIpc) is 2.82. The first kappa shape index (κ1) is 22.0. The lowest BCUT2D eigenvalue weighted by molar-refractivity contribution is 0.214. The van der Waals surface area contributed by atoms with Crippen LogP contribution in [0.4, 0.5) is 0 Å². The first-order valence-corrected chi connectivity index (χ1v) is 9.91. The van der Waals surface area contributed by atoms with Crippen LogP contribution in [-0.4, -0.2) is 45.9 Å². The predicted molar refractivity (Wildman–Crippen MR) is 113 cm³/mol. The van der Waals surface area contributed by atoms with Crippen molar-refractivity contribution in [2.75, 3.05) is 41.0 Å². The summed E-state index contributed by atoms with van der Waals surface area (Å²) in [6.45, 7) is 4.12. The van der Waals surface area contributed by atoms with E-state index in [1.807, 2.05) is 13.0 Å². The monoisotopic (exact) mass is 419 g/mol. The lowest BCUT2D eigenvalue weighted by atomic mass is 9.58. The minimum atomic E-state index is -1.71. The molecule has 0 amide bonds. The third-order valence-electron chi connectivity index (χ3n) is 6.23. The molecule has 0 fully saturated rings. The van der Waals surface area contributed by atoms with Gasteiger partial charge in [0, 0.05) is 24.9 Å². The van der Waals surface area contributed by atoms with Crippen LogP contribution in [0.5, 0.6) is 17.2 Å². The minimum Gasteiger partial charge on any atom is -0.493 e. The van der Waals surface area contributed by atoms with Gasteiger partial charge in [0.15, 0.2) is 16.9 Å². The highest BCUT2D eigenvalue weighted by molar-refractivity contribution is 5.62. The van der Waals surface area contributed by atoms with Gasteiger partial charge in [0.2, 0.25) is 5.75 Å². The summed E-state index contributed by atoms with van der Waals surface area (Å²) in [6.07, 6.45) is 1.98. The number of likely N-dealkylation sites (N-methyl/N-ethyl adjacent to an activating group) is 1. The number of ether oxygens (including phenoxy) is 3. The number of fused-ring (bicyclic) bond motifs is 1. The van der Waals surface area contributed by atoms with Crippen LogP contribution in [0.15, 0.2) is 35.1 Å². The molecule has 1 heterocycles. The largest absolute Gasteiger partial charge is 0.493 e. The topological polar surface area (TPSA) is 128 Å². The quantitative estimate of drug-likeness (QED) is 0.771. The summed E-state index contributed by atoms with van der Waals surface area (Å²) in [4.78, 5) is 2.20. The lowest BCUT2D eigenvalue weighted by Crippen LogP contribution is -2.48. The van der Waals surface area contributed by atoms with E-state index in [9.17, 15) is 15.8 Å². The van der Waals surface area contributed by atoms with E-state index >= 15 is 0 Å². The molecular formula is C23H25N5O3. The Morgan fingerprint density at radius 1 is 1.10 bits per heavy atom. The van der Waals surface area contributed by atoms with Crippen LogP contribution in [0.1, 0.15) is 18.4 Å². The summed E-state index contributed by atoms with van der Waals surface area (Å²) in [5, 5.41) is 30.2. The van der Waals surface area contributed by atoms with Crippen molar-refractivity contribution in [2.45, 2.75) is 12.8 Å². The molecule has 31 heavy (non-hydrogen) atoms. The van der Waals surface area contributed by atoms with Crippen molar-refractivity contribution in [3.8, 4) is 35.5 Å². The van der Waals surface area contributed by atoms with E-state index in [1.54, 1.807) is 12.1 Å². The fourth-order valence-electron chi connectivity index (χ4n) is 4.66. The van der Waals surface area contributed by atoms with Gasteiger partial charge in [-0.2, -0.15) is 15.8 Å². The second-order valence-electron chi connectivity index (χ2n) is 7.49. The van der Waals surface area contributed by atoms with Crippen LogP contribution in [0.2, 0.25) is 0 Å². The highest BCUT2D eigenvalue weighted by Crippen LogP contribution is 2.55. The van der Waals surface area contributed by atoms with Crippen molar-refractivity contribution >= 4 is 0 Å². The molecular weight excluding hydrogens is 394 g/mol. The van der Waals surface area contributed by atoms with E-state index in [-0.39, 0.29) is 17.2 Å². The summed E-state index contributed by atoms with van der Waals surface area (Å²) in [5.41, 5.74) is 6.31. The number of rotatable bonds is 5. The Labute approximate surface area is 182 Å². The van der Waals surface area contributed by atoms with Gasteiger partial charge in [0.25, 0.3) is 0 Å². The van der Waals surface area contributed by atoms with Gasteiger partial charge in [0.05, 0.1) is 44.7 Å². The van der Waals surface area contributed by atoms with Gasteiger partial charge in [-0.05, 0) is 29.8 Å². The zero-order valence-electron chi connectivity index (χ0n) is 18.1. The number of methoxy groups -OCH3 is 3. The molecule has 3 rings (SSSR count). The Bertz CT molecular complexity index is 1030. The van der Waals surface area contributed by atoms with Crippen LogP contribution in [0, 0.1) is 45.3 Å². The van der Waals surface area contributed by atoms with Gasteiger partial charge < -0.3 is 19.9 Å². The van der Waals surface area contributed by atoms with E-state index in [2.05, 4.69) is 23.1 Å². The van der Waals surface area contributed by atoms with E-state index in [0.717, 1.165) is 12.1 Å². The molecule has 2 atom stereocenters. The third-order valence-corrected chi connectivity index (χ3v) is 6.23. The summed E-state index contributed by atoms with van der Waals surface area (Å²) >= 11 is 0. The molecule has 1 aliphatic carbocycles. The van der Waals surface area contributed by atoms with E-state index < -0.39 is 11.3 Å². The maximum Gasteiger partial charge on any atom is 0.203 e. The third kappa shape index (κ3) is 3.24. The minimum absolute atomic E-state index is 0.00815. The van der Waals surface area contributed by atoms with Crippen molar-refractivity contribution in [3.05, 3.63) is 40.6 Å². The Hall–Kier alpha value is -3.67. The van der Waals surface area contributed by atoms with Gasteiger partial charge in [-0.3, -0.25) is 4.90 Å². The van der Waals surface area contributed by atoms with Gasteiger partial charge in [-0.25, -0.2) is 0 Å². The average molecular weight is 419 g/mol. The normalized spacial score (nSPS) is 22.3. The Morgan fingerprint density at radius 3 is 2.16 bits per heavy atom. The van der Waals surface area contributed by atoms with Crippen molar-refractivity contribution in [2.24, 2.45) is 17.1 Å². The molecule has 1 aromatic rings. The van der Waals surface area contributed by atoms with Crippen molar-refractivity contribution in [1.29, 1.82) is 15.8 Å². The summed E-state index contributed by atoms with van der Waals surface area (Å²) in [5.74, 6) is 0.347. The van der Waals surface area contributed by atoms with Gasteiger partial charge in [-0.1, -0.05) is 13.0 Å². The van der Waals surface area contributed by atoms with Crippen LogP contribution in [0.3, 0.4) is 0 Å². The van der Waals surface area contributed by atoms with E-state index in [4.69, 9.17) is 19.9 Å². The van der Waals surface area contributed by atoms with E-state index in [0.29, 0.717) is 35.9 Å². The number of benzene rings is 1. The Morgan fingerprint density at radius 2 is 1.71 bits per heavy atom. The standard InChI is InChI=1S/C23H25N5O3/c1-5-28-7-6-15-16(10-24)22(27)23(12-25,13-26)20(17(15)11-28)14-8-18(29-2)21(31-4)19(9-14)30-3/h6,8-9,17,20H,5,7,11,27H2,1-4H3/t17-,20-/m1/s1. The van der Waals surface area contributed by atoms with Crippen LogP contribution < -0.4 is 19.9 Å². The van der Waals surface area contributed by atoms with Crippen LogP contribution >= 0.6 is 0 Å². The fraction of sp³-hybridized carbons (Fsp3) is 0.435. The van der Waals surface area contributed by atoms with Crippen molar-refractivity contribution in [1.82, 2.24) is 4.90 Å². The maximum absolute atomic E-state index is 10.2. The smallest absolute Gasteiger partial charge is 0.203 e. The number of nitriles is 3. The van der Waals surface area contributed by atoms with Crippen molar-refractivity contribution in [3.63, 3.8) is 0 Å². The predicted octanol–water partition coefficient (Wildman–Crippen LogP) is 2.46. The summed E-state index contributed by atoms with van der Waals surface area (Å²) in [7, 11) is 4.53. The first-order valence-electron chi connectivity index (χ1n) is 9.91. The van der Waals surface area contributed by atoms with Crippen LogP contribution in [-0.2, 0) is 0 Å². The molecule has 2 N–H and O–H groups in total. The van der Waals surface area contributed by atoms with Gasteiger partial charge >= 0.3 is 0 Å².